The number of hydrogen-bond donors (Lipinski definition) is 2. The number of nitrogens with zero attached hydrogens (tertiary/aromatic N) is 2. The van der Waals surface area contributed by atoms with Crippen LogP contribution in [0.3, 0.4) is 0 Å². The molecule has 1 fully saturated rings. The van der Waals surface area contributed by atoms with Crippen LogP contribution in [0.15, 0.2) is 30.4 Å². The van der Waals surface area contributed by atoms with Gasteiger partial charge in [0.25, 0.3) is 0 Å². The third-order valence-corrected chi connectivity index (χ3v) is 7.88. The average Bonchev–Trinajstić information content (AvgIpc) is 3.45. The highest BCUT2D eigenvalue weighted by atomic mass is 16.5. The van der Waals surface area contributed by atoms with Crippen LogP contribution in [0.25, 0.3) is 0 Å². The molecule has 0 bridgehead atoms. The van der Waals surface area contributed by atoms with Gasteiger partial charge in [-0.05, 0) is 61.8 Å². The zero-order valence-corrected chi connectivity index (χ0v) is 23.2. The SMILES string of the molecule is C/C=C/C(C)(C)C[C@H]1[C@H](C(=O)O)[C@@H](c2ccc3c(c2)CCO3)CN1CC(=O)N(CCCC)CCCCN. The molecule has 0 aliphatic carbocycles. The first-order valence-electron chi connectivity index (χ1n) is 14.0. The number of carboxylic acids is 1. The molecule has 3 N–H and O–H groups in total. The third kappa shape index (κ3) is 7.57. The highest BCUT2D eigenvalue weighted by molar-refractivity contribution is 5.79. The number of carbonyl (C=O) groups excluding carboxylic acids is 1. The van der Waals surface area contributed by atoms with E-state index in [4.69, 9.17) is 10.5 Å². The van der Waals surface area contributed by atoms with E-state index in [-0.39, 0.29) is 29.8 Å². The normalized spacial score (nSPS) is 21.8. The van der Waals surface area contributed by atoms with E-state index in [1.54, 1.807) is 0 Å². The van der Waals surface area contributed by atoms with Gasteiger partial charge in [0.15, 0.2) is 0 Å². The van der Waals surface area contributed by atoms with E-state index in [1.807, 2.05) is 30.0 Å². The van der Waals surface area contributed by atoms with Gasteiger partial charge in [0.05, 0.1) is 19.1 Å². The van der Waals surface area contributed by atoms with E-state index in [1.165, 1.54) is 0 Å². The number of ether oxygens (including phenoxy) is 1. The largest absolute Gasteiger partial charge is 0.493 e. The molecular weight excluding hydrogens is 466 g/mol. The fourth-order valence-corrected chi connectivity index (χ4v) is 6.01. The number of benzene rings is 1. The van der Waals surface area contributed by atoms with E-state index in [0.717, 1.165) is 55.5 Å². The molecule has 0 unspecified atom stereocenters. The summed E-state index contributed by atoms with van der Waals surface area (Å²) < 4.78 is 5.68. The van der Waals surface area contributed by atoms with E-state index >= 15 is 0 Å². The Morgan fingerprint density at radius 1 is 1.24 bits per heavy atom. The van der Waals surface area contributed by atoms with Gasteiger partial charge in [-0.25, -0.2) is 0 Å². The number of unbranched alkanes of at least 4 members (excludes halogenated alkanes) is 2. The number of aliphatic carboxylic acids is 1. The molecule has 1 amide bonds. The molecule has 1 aromatic carbocycles. The summed E-state index contributed by atoms with van der Waals surface area (Å²) in [6, 6.07) is 5.89. The van der Waals surface area contributed by atoms with Crippen LogP contribution in [0.4, 0.5) is 0 Å². The Hall–Kier alpha value is -2.38. The third-order valence-electron chi connectivity index (χ3n) is 7.88. The number of nitrogens with two attached hydrogens (primary N) is 1. The highest BCUT2D eigenvalue weighted by Crippen LogP contribution is 2.43. The molecule has 2 aliphatic rings. The lowest BCUT2D eigenvalue weighted by molar-refractivity contribution is -0.144. The van der Waals surface area contributed by atoms with Gasteiger partial charge in [0, 0.05) is 38.0 Å². The minimum atomic E-state index is -0.788. The summed E-state index contributed by atoms with van der Waals surface area (Å²) in [6.45, 7) is 12.0. The average molecular weight is 514 g/mol. The van der Waals surface area contributed by atoms with Gasteiger partial charge in [-0.2, -0.15) is 0 Å². The molecule has 0 saturated carbocycles. The molecule has 7 nitrogen and oxygen atoms in total. The summed E-state index contributed by atoms with van der Waals surface area (Å²) in [7, 11) is 0. The molecule has 2 heterocycles. The van der Waals surface area contributed by atoms with Crippen molar-refractivity contribution in [1.82, 2.24) is 9.80 Å². The Morgan fingerprint density at radius 3 is 2.68 bits per heavy atom. The van der Waals surface area contributed by atoms with Gasteiger partial charge in [-0.15, -0.1) is 0 Å². The number of rotatable bonds is 14. The fraction of sp³-hybridized carbons (Fsp3) is 0.667. The van der Waals surface area contributed by atoms with Crippen LogP contribution in [0, 0.1) is 11.3 Å². The number of carbonyl (C=O) groups is 2. The monoisotopic (exact) mass is 513 g/mol. The maximum atomic E-state index is 13.6. The van der Waals surface area contributed by atoms with Crippen molar-refractivity contribution in [2.24, 2.45) is 17.1 Å². The summed E-state index contributed by atoms with van der Waals surface area (Å²) in [6.07, 6.45) is 9.47. The molecule has 1 saturated heterocycles. The van der Waals surface area contributed by atoms with Crippen LogP contribution in [0.5, 0.6) is 5.75 Å². The lowest BCUT2D eigenvalue weighted by Gasteiger charge is -2.34. The summed E-state index contributed by atoms with van der Waals surface area (Å²) >= 11 is 0. The highest BCUT2D eigenvalue weighted by Gasteiger charge is 2.48. The van der Waals surface area contributed by atoms with Crippen molar-refractivity contribution in [2.45, 2.75) is 78.2 Å². The minimum Gasteiger partial charge on any atom is -0.493 e. The standard InChI is InChI=1S/C30H47N3O4/c1-5-7-15-32(16-9-8-14-31)27(34)21-33-20-24(22-10-11-26-23(18-22)12-17-37-26)28(29(35)36)25(33)19-30(3,4)13-6-2/h6,10-11,13,18,24-25,28H,5,7-9,12,14-17,19-21,31H2,1-4H3,(H,35,36)/b13-6+/t24-,25+,28-/m1/s1. The topological polar surface area (TPSA) is 96.1 Å². The number of likely N-dealkylation sites (tertiary alicyclic amines) is 1. The molecule has 3 atom stereocenters. The van der Waals surface area contributed by atoms with Crippen LogP contribution in [0.1, 0.15) is 76.8 Å². The van der Waals surface area contributed by atoms with Gasteiger partial charge in [0.2, 0.25) is 5.91 Å². The zero-order valence-electron chi connectivity index (χ0n) is 23.2. The number of carboxylic acid groups (broad SMARTS) is 1. The molecule has 1 aromatic rings. The van der Waals surface area contributed by atoms with Gasteiger partial charge in [-0.1, -0.05) is 51.5 Å². The molecule has 0 spiro atoms. The predicted octanol–water partition coefficient (Wildman–Crippen LogP) is 4.45. The van der Waals surface area contributed by atoms with Crippen molar-refractivity contribution in [1.29, 1.82) is 0 Å². The van der Waals surface area contributed by atoms with E-state index in [0.29, 0.717) is 32.7 Å². The molecule has 0 radical (unpaired) electrons. The van der Waals surface area contributed by atoms with Crippen molar-refractivity contribution in [3.8, 4) is 5.75 Å². The Labute approximate surface area is 223 Å². The quantitative estimate of drug-likeness (QED) is 0.282. The van der Waals surface area contributed by atoms with Crippen molar-refractivity contribution in [3.05, 3.63) is 41.5 Å². The van der Waals surface area contributed by atoms with Gasteiger partial charge < -0.3 is 20.5 Å². The Balaban J connectivity index is 1.90. The first kappa shape index (κ1) is 29.2. The summed E-state index contributed by atoms with van der Waals surface area (Å²) in [4.78, 5) is 30.5. The van der Waals surface area contributed by atoms with E-state index < -0.39 is 11.9 Å². The van der Waals surface area contributed by atoms with Crippen LogP contribution in [0.2, 0.25) is 0 Å². The molecule has 2 aliphatic heterocycles. The maximum absolute atomic E-state index is 13.6. The van der Waals surface area contributed by atoms with Crippen LogP contribution in [-0.2, 0) is 16.0 Å². The lowest BCUT2D eigenvalue weighted by atomic mass is 9.77. The van der Waals surface area contributed by atoms with Crippen LogP contribution >= 0.6 is 0 Å². The second-order valence-electron chi connectivity index (χ2n) is 11.4. The van der Waals surface area contributed by atoms with Crippen molar-refractivity contribution < 1.29 is 19.4 Å². The summed E-state index contributed by atoms with van der Waals surface area (Å²) in [5.41, 5.74) is 7.69. The second kappa shape index (κ2) is 13.4. The van der Waals surface area contributed by atoms with Gasteiger partial charge in [0.1, 0.15) is 5.75 Å². The summed E-state index contributed by atoms with van der Waals surface area (Å²) in [5, 5.41) is 10.5. The molecule has 3 rings (SSSR count). The van der Waals surface area contributed by atoms with E-state index in [2.05, 4.69) is 37.8 Å². The Morgan fingerprint density at radius 2 is 2.00 bits per heavy atom. The van der Waals surface area contributed by atoms with E-state index in [9.17, 15) is 14.7 Å². The van der Waals surface area contributed by atoms with Crippen LogP contribution < -0.4 is 10.5 Å². The lowest BCUT2D eigenvalue weighted by Crippen LogP contribution is -2.46. The first-order chi connectivity index (χ1) is 17.7. The molecule has 206 valence electrons. The second-order valence-corrected chi connectivity index (χ2v) is 11.4. The smallest absolute Gasteiger partial charge is 0.308 e. The number of amides is 1. The van der Waals surface area contributed by atoms with Crippen molar-refractivity contribution in [3.63, 3.8) is 0 Å². The number of fused-ring (bicyclic) bond motifs is 1. The first-order valence-corrected chi connectivity index (χ1v) is 14.0. The minimum absolute atomic E-state index is 0.0893. The molecule has 0 aromatic heterocycles. The van der Waals surface area contributed by atoms with Crippen molar-refractivity contribution >= 4 is 11.9 Å². The van der Waals surface area contributed by atoms with Crippen molar-refractivity contribution in [2.75, 3.05) is 39.3 Å². The Kier molecular flexibility index (Phi) is 10.6. The maximum Gasteiger partial charge on any atom is 0.308 e. The number of hydrogen-bond acceptors (Lipinski definition) is 5. The zero-order chi connectivity index (χ0) is 27.0. The Bertz CT molecular complexity index is 945. The number of allylic oxidation sites excluding steroid dienone is 2. The van der Waals surface area contributed by atoms with Gasteiger partial charge in [-0.3, -0.25) is 14.5 Å². The van der Waals surface area contributed by atoms with Crippen LogP contribution in [-0.4, -0.2) is 72.2 Å². The van der Waals surface area contributed by atoms with Gasteiger partial charge >= 0.3 is 5.97 Å². The molecule has 37 heavy (non-hydrogen) atoms. The summed E-state index contributed by atoms with van der Waals surface area (Å²) in [5.74, 6) is -0.561. The fourth-order valence-electron chi connectivity index (χ4n) is 6.01. The molecule has 7 heteroatoms. The molecular formula is C30H47N3O4. The predicted molar refractivity (Wildman–Crippen MR) is 148 cm³/mol.